The molecule has 1 saturated carbocycles. The van der Waals surface area contributed by atoms with E-state index in [-0.39, 0.29) is 11.6 Å². The van der Waals surface area contributed by atoms with E-state index in [4.69, 9.17) is 14.2 Å². The number of nitrogens with one attached hydrogen (secondary N) is 1. The van der Waals surface area contributed by atoms with Gasteiger partial charge >= 0.3 is 6.03 Å². The second-order valence-corrected chi connectivity index (χ2v) is 9.71. The molecule has 0 bridgehead atoms. The summed E-state index contributed by atoms with van der Waals surface area (Å²) in [7, 11) is 0. The highest BCUT2D eigenvalue weighted by Gasteiger charge is 2.57. The molecule has 1 spiro atoms. The van der Waals surface area contributed by atoms with E-state index in [1.54, 1.807) is 0 Å². The van der Waals surface area contributed by atoms with Crippen LogP contribution in [0.4, 0.5) is 10.5 Å². The van der Waals surface area contributed by atoms with Gasteiger partial charge in [-0.3, -0.25) is 4.90 Å². The number of rotatable bonds is 7. The Balaban J connectivity index is 1.16. The average molecular weight is 444 g/mol. The van der Waals surface area contributed by atoms with Gasteiger partial charge < -0.3 is 24.4 Å². The summed E-state index contributed by atoms with van der Waals surface area (Å²) >= 11 is 0. The molecule has 3 saturated heterocycles. The zero-order chi connectivity index (χ0) is 22.0. The lowest BCUT2D eigenvalue weighted by molar-refractivity contribution is -0.217. The van der Waals surface area contributed by atoms with Crippen LogP contribution >= 0.6 is 0 Å². The molecule has 1 N–H and O–H groups in total. The van der Waals surface area contributed by atoms with Crippen LogP contribution in [0, 0.1) is 5.92 Å². The molecule has 0 aromatic heterocycles. The summed E-state index contributed by atoms with van der Waals surface area (Å²) in [5.74, 6) is 1.52. The largest absolute Gasteiger partial charge is 0.492 e. The van der Waals surface area contributed by atoms with E-state index in [0.29, 0.717) is 18.8 Å². The van der Waals surface area contributed by atoms with Crippen LogP contribution in [-0.4, -0.2) is 79.6 Å². The van der Waals surface area contributed by atoms with Crippen molar-refractivity contribution >= 4 is 11.7 Å². The zero-order valence-electron chi connectivity index (χ0n) is 19.3. The summed E-state index contributed by atoms with van der Waals surface area (Å²) in [5.41, 5.74) is 0.889. The molecule has 1 aromatic rings. The van der Waals surface area contributed by atoms with E-state index in [1.807, 2.05) is 36.1 Å². The predicted octanol–water partition coefficient (Wildman–Crippen LogP) is 3.74. The molecule has 4 fully saturated rings. The molecule has 1 atom stereocenters. The van der Waals surface area contributed by atoms with Gasteiger partial charge in [0.2, 0.25) is 0 Å². The number of amides is 2. The van der Waals surface area contributed by atoms with Crippen molar-refractivity contribution in [3.63, 3.8) is 0 Å². The van der Waals surface area contributed by atoms with Crippen LogP contribution < -0.4 is 10.1 Å². The molecule has 32 heavy (non-hydrogen) atoms. The van der Waals surface area contributed by atoms with Gasteiger partial charge in [0.1, 0.15) is 5.75 Å². The summed E-state index contributed by atoms with van der Waals surface area (Å²) in [6.07, 6.45) is 7.18. The average Bonchev–Trinajstić information content (AvgIpc) is 3.65. The minimum atomic E-state index is -0.0364. The van der Waals surface area contributed by atoms with E-state index in [1.165, 1.54) is 12.8 Å². The first-order valence-corrected chi connectivity index (χ1v) is 12.4. The van der Waals surface area contributed by atoms with Crippen LogP contribution in [0.3, 0.4) is 0 Å². The van der Waals surface area contributed by atoms with Gasteiger partial charge in [-0.1, -0.05) is 12.1 Å². The molecule has 176 valence electrons. The lowest BCUT2D eigenvalue weighted by Crippen LogP contribution is -2.76. The maximum Gasteiger partial charge on any atom is 0.321 e. The number of hydrogen-bond acceptors (Lipinski definition) is 5. The summed E-state index contributed by atoms with van der Waals surface area (Å²) in [6.45, 7) is 7.72. The molecule has 4 aliphatic rings. The lowest BCUT2D eigenvalue weighted by Gasteiger charge is -2.63. The molecule has 3 aliphatic heterocycles. The van der Waals surface area contributed by atoms with Gasteiger partial charge in [0.15, 0.2) is 0 Å². The highest BCUT2D eigenvalue weighted by atomic mass is 16.5. The first-order valence-electron chi connectivity index (χ1n) is 12.4. The molecule has 7 heteroatoms. The first-order chi connectivity index (χ1) is 15.7. The van der Waals surface area contributed by atoms with Gasteiger partial charge in [-0.15, -0.1) is 0 Å². The fraction of sp³-hybridized carbons (Fsp3) is 0.720. The SMILES string of the molecule is CCOc1ccccc1NC(=O)N1CCC(N2CC(OCC3CC3)C23CCOCC3)CC1. The van der Waals surface area contributed by atoms with Crippen molar-refractivity contribution in [2.45, 2.75) is 63.1 Å². The molecular weight excluding hydrogens is 406 g/mol. The van der Waals surface area contributed by atoms with E-state index < -0.39 is 0 Å². The molecule has 7 nitrogen and oxygen atoms in total. The molecule has 0 radical (unpaired) electrons. The monoisotopic (exact) mass is 443 g/mol. The third-order valence-corrected chi connectivity index (χ3v) is 7.74. The van der Waals surface area contributed by atoms with E-state index in [9.17, 15) is 4.79 Å². The maximum atomic E-state index is 12.9. The molecule has 1 aromatic carbocycles. The van der Waals surface area contributed by atoms with Crippen LogP contribution in [0.5, 0.6) is 5.75 Å². The van der Waals surface area contributed by atoms with Gasteiger partial charge in [-0.2, -0.15) is 0 Å². The summed E-state index contributed by atoms with van der Waals surface area (Å²) in [6, 6.07) is 8.12. The van der Waals surface area contributed by atoms with Gasteiger partial charge in [0.25, 0.3) is 0 Å². The van der Waals surface area contributed by atoms with Crippen LogP contribution in [-0.2, 0) is 9.47 Å². The number of hydrogen-bond donors (Lipinski definition) is 1. The molecule has 2 amide bonds. The van der Waals surface area contributed by atoms with Crippen molar-refractivity contribution < 1.29 is 19.0 Å². The smallest absolute Gasteiger partial charge is 0.321 e. The summed E-state index contributed by atoms with van der Waals surface area (Å²) in [5, 5.41) is 3.05. The molecule has 5 rings (SSSR count). The normalized spacial score (nSPS) is 26.0. The summed E-state index contributed by atoms with van der Waals surface area (Å²) in [4.78, 5) is 17.5. The quantitative estimate of drug-likeness (QED) is 0.696. The Morgan fingerprint density at radius 2 is 1.91 bits per heavy atom. The third-order valence-electron chi connectivity index (χ3n) is 7.74. The number of anilines is 1. The second-order valence-electron chi connectivity index (χ2n) is 9.71. The number of piperidine rings is 1. The predicted molar refractivity (Wildman–Crippen MR) is 123 cm³/mol. The van der Waals surface area contributed by atoms with Crippen molar-refractivity contribution in [1.82, 2.24) is 9.80 Å². The van der Waals surface area contributed by atoms with Crippen LogP contribution in [0.15, 0.2) is 24.3 Å². The minimum absolute atomic E-state index is 0.0364. The van der Waals surface area contributed by atoms with Crippen molar-refractivity contribution in [2.24, 2.45) is 5.92 Å². The first kappa shape index (κ1) is 22.0. The highest BCUT2D eigenvalue weighted by molar-refractivity contribution is 5.91. The van der Waals surface area contributed by atoms with Crippen LogP contribution in [0.25, 0.3) is 0 Å². The van der Waals surface area contributed by atoms with Crippen molar-refractivity contribution in [3.05, 3.63) is 24.3 Å². The Kier molecular flexibility index (Phi) is 6.58. The van der Waals surface area contributed by atoms with Gasteiger partial charge in [0, 0.05) is 45.5 Å². The Labute approximate surface area is 191 Å². The van der Waals surface area contributed by atoms with Gasteiger partial charge in [0.05, 0.1) is 23.9 Å². The number of urea groups is 1. The Hall–Kier alpha value is -1.83. The standard InChI is InChI=1S/C25H37N3O4/c1-2-31-22-6-4-3-5-21(22)26-24(29)27-13-9-20(10-14-27)28-17-23(32-18-19-7-8-19)25(28)11-15-30-16-12-25/h3-6,19-20,23H,2,7-18H2,1H3,(H,26,29). The number of nitrogens with zero attached hydrogens (tertiary/aromatic N) is 2. The van der Waals surface area contributed by atoms with Crippen LogP contribution in [0.2, 0.25) is 0 Å². The van der Waals surface area contributed by atoms with Crippen LogP contribution in [0.1, 0.15) is 45.4 Å². The van der Waals surface area contributed by atoms with Gasteiger partial charge in [-0.25, -0.2) is 4.79 Å². The minimum Gasteiger partial charge on any atom is -0.492 e. The van der Waals surface area contributed by atoms with E-state index >= 15 is 0 Å². The number of para-hydroxylation sites is 2. The molecular formula is C25H37N3O4. The fourth-order valence-corrected chi connectivity index (χ4v) is 5.62. The van der Waals surface area contributed by atoms with Crippen molar-refractivity contribution in [1.29, 1.82) is 0 Å². The summed E-state index contributed by atoms with van der Waals surface area (Å²) < 4.78 is 17.7. The van der Waals surface area contributed by atoms with Crippen molar-refractivity contribution in [2.75, 3.05) is 51.4 Å². The molecule has 1 aliphatic carbocycles. The fourth-order valence-electron chi connectivity index (χ4n) is 5.62. The molecule has 3 heterocycles. The van der Waals surface area contributed by atoms with E-state index in [0.717, 1.165) is 82.5 Å². The highest BCUT2D eigenvalue weighted by Crippen LogP contribution is 2.45. The Bertz CT molecular complexity index is 785. The Morgan fingerprint density at radius 3 is 2.62 bits per heavy atom. The number of likely N-dealkylation sites (tertiary alicyclic amines) is 2. The number of benzene rings is 1. The van der Waals surface area contributed by atoms with E-state index in [2.05, 4.69) is 10.2 Å². The topological polar surface area (TPSA) is 63.3 Å². The van der Waals surface area contributed by atoms with Gasteiger partial charge in [-0.05, 0) is 63.5 Å². The van der Waals surface area contributed by atoms with Crippen molar-refractivity contribution in [3.8, 4) is 5.75 Å². The lowest BCUT2D eigenvalue weighted by atomic mass is 9.73. The number of ether oxygens (including phenoxy) is 3. The third kappa shape index (κ3) is 4.47. The number of carbonyl (C=O) groups excluding carboxylic acids is 1. The maximum absolute atomic E-state index is 12.9. The number of carbonyl (C=O) groups is 1. The molecule has 1 unspecified atom stereocenters. The second kappa shape index (κ2) is 9.57. The Morgan fingerprint density at radius 1 is 1.16 bits per heavy atom. The zero-order valence-corrected chi connectivity index (χ0v) is 19.3.